The van der Waals surface area contributed by atoms with Gasteiger partial charge in [0, 0.05) is 18.5 Å². The molecule has 0 amide bonds. The maximum atomic E-state index is 5.65. The lowest BCUT2D eigenvalue weighted by molar-refractivity contribution is 0.0136. The molecule has 1 aliphatic rings. The normalized spacial score (nSPS) is 31.0. The van der Waals surface area contributed by atoms with Crippen LogP contribution < -0.4 is 0 Å². The molecule has 11 heavy (non-hydrogen) atoms. The fourth-order valence-electron chi connectivity index (χ4n) is 1.65. The Bertz CT molecular complexity index is 222. The Morgan fingerprint density at radius 1 is 1.64 bits per heavy atom. The average molecular weight is 151 g/mol. The Balaban J connectivity index is 2.27. The topological polar surface area (TPSA) is 25.0 Å². The van der Waals surface area contributed by atoms with Gasteiger partial charge in [0.25, 0.3) is 0 Å². The highest BCUT2D eigenvalue weighted by Crippen LogP contribution is 2.34. The van der Waals surface area contributed by atoms with Crippen LogP contribution >= 0.6 is 0 Å². The second-order valence-electron chi connectivity index (χ2n) is 3.27. The number of rotatable bonds is 1. The molecule has 2 heterocycles. The van der Waals surface area contributed by atoms with Gasteiger partial charge in [-0.25, -0.2) is 0 Å². The van der Waals surface area contributed by atoms with Gasteiger partial charge in [0.2, 0.25) is 0 Å². The van der Waals surface area contributed by atoms with Gasteiger partial charge in [-0.15, -0.1) is 0 Å². The van der Waals surface area contributed by atoms with E-state index in [1.807, 2.05) is 12.3 Å². The molecule has 1 fully saturated rings. The number of hydrogen-bond donors (Lipinski definition) is 1. The minimum absolute atomic E-state index is 0.0382. The van der Waals surface area contributed by atoms with Crippen LogP contribution in [0.15, 0.2) is 18.3 Å². The molecule has 1 saturated heterocycles. The van der Waals surface area contributed by atoms with E-state index in [1.54, 1.807) is 0 Å². The highest BCUT2D eigenvalue weighted by atomic mass is 16.5. The van der Waals surface area contributed by atoms with Gasteiger partial charge in [-0.2, -0.15) is 0 Å². The van der Waals surface area contributed by atoms with Crippen molar-refractivity contribution in [3.05, 3.63) is 24.0 Å². The first-order valence-electron chi connectivity index (χ1n) is 4.09. The molecule has 0 aromatic carbocycles. The molecule has 2 rings (SSSR count). The van der Waals surface area contributed by atoms with E-state index < -0.39 is 0 Å². The molecule has 1 aromatic rings. The third-order valence-corrected chi connectivity index (χ3v) is 2.39. The molecule has 0 aliphatic carbocycles. The van der Waals surface area contributed by atoms with E-state index >= 15 is 0 Å². The number of nitrogens with one attached hydrogen (secondary N) is 1. The van der Waals surface area contributed by atoms with Gasteiger partial charge in [0.1, 0.15) is 5.60 Å². The van der Waals surface area contributed by atoms with E-state index in [-0.39, 0.29) is 5.60 Å². The van der Waals surface area contributed by atoms with Gasteiger partial charge < -0.3 is 9.72 Å². The summed E-state index contributed by atoms with van der Waals surface area (Å²) in [5.41, 5.74) is 1.17. The summed E-state index contributed by atoms with van der Waals surface area (Å²) in [7, 11) is 0. The van der Waals surface area contributed by atoms with Crippen molar-refractivity contribution in [1.29, 1.82) is 0 Å². The Morgan fingerprint density at radius 3 is 3.09 bits per heavy atom. The fraction of sp³-hybridized carbons (Fsp3) is 0.556. The second-order valence-corrected chi connectivity index (χ2v) is 3.27. The third-order valence-electron chi connectivity index (χ3n) is 2.39. The Morgan fingerprint density at radius 2 is 2.55 bits per heavy atom. The molecule has 0 spiro atoms. The Labute approximate surface area is 66.6 Å². The zero-order chi connectivity index (χ0) is 7.73. The van der Waals surface area contributed by atoms with E-state index in [2.05, 4.69) is 18.0 Å². The van der Waals surface area contributed by atoms with Crippen molar-refractivity contribution < 1.29 is 4.74 Å². The summed E-state index contributed by atoms with van der Waals surface area (Å²) >= 11 is 0. The first kappa shape index (κ1) is 6.92. The largest absolute Gasteiger partial charge is 0.369 e. The fourth-order valence-corrected chi connectivity index (χ4v) is 1.65. The van der Waals surface area contributed by atoms with Gasteiger partial charge in [0.05, 0.1) is 0 Å². The summed E-state index contributed by atoms with van der Waals surface area (Å²) in [5, 5.41) is 0. The molecule has 1 N–H and O–H groups in total. The van der Waals surface area contributed by atoms with Crippen molar-refractivity contribution in [2.75, 3.05) is 6.61 Å². The van der Waals surface area contributed by atoms with Crippen LogP contribution in [-0.2, 0) is 10.3 Å². The van der Waals surface area contributed by atoms with Crippen LogP contribution in [0.1, 0.15) is 25.5 Å². The van der Waals surface area contributed by atoms with Crippen LogP contribution in [0.3, 0.4) is 0 Å². The van der Waals surface area contributed by atoms with Crippen molar-refractivity contribution in [3.8, 4) is 0 Å². The first-order chi connectivity index (χ1) is 5.31. The molecule has 1 unspecified atom stereocenters. The highest BCUT2D eigenvalue weighted by Gasteiger charge is 2.32. The van der Waals surface area contributed by atoms with E-state index in [9.17, 15) is 0 Å². The van der Waals surface area contributed by atoms with Gasteiger partial charge in [0.15, 0.2) is 0 Å². The van der Waals surface area contributed by atoms with Crippen molar-refractivity contribution >= 4 is 0 Å². The predicted octanol–water partition coefficient (Wildman–Crippen LogP) is 2.04. The lowest BCUT2D eigenvalue weighted by Crippen LogP contribution is -2.19. The Hall–Kier alpha value is -0.760. The van der Waals surface area contributed by atoms with Crippen molar-refractivity contribution in [3.63, 3.8) is 0 Å². The molecule has 2 nitrogen and oxygen atoms in total. The van der Waals surface area contributed by atoms with Crippen LogP contribution in [0, 0.1) is 0 Å². The zero-order valence-corrected chi connectivity index (χ0v) is 6.76. The van der Waals surface area contributed by atoms with Crippen LogP contribution in [0.2, 0.25) is 0 Å². The van der Waals surface area contributed by atoms with E-state index in [0.29, 0.717) is 0 Å². The van der Waals surface area contributed by atoms with Crippen molar-refractivity contribution in [2.45, 2.75) is 25.4 Å². The molecule has 0 radical (unpaired) electrons. The molecule has 1 atom stereocenters. The van der Waals surface area contributed by atoms with E-state index in [0.717, 1.165) is 13.0 Å². The smallest absolute Gasteiger partial charge is 0.105 e. The van der Waals surface area contributed by atoms with Gasteiger partial charge in [-0.1, -0.05) is 0 Å². The summed E-state index contributed by atoms with van der Waals surface area (Å²) < 4.78 is 5.65. The molecular formula is C9H13NO. The SMILES string of the molecule is CC1(c2ccc[nH]2)CCCO1. The minimum Gasteiger partial charge on any atom is -0.369 e. The maximum Gasteiger partial charge on any atom is 0.105 e. The molecule has 0 bridgehead atoms. The first-order valence-corrected chi connectivity index (χ1v) is 4.09. The molecule has 1 aliphatic heterocycles. The highest BCUT2D eigenvalue weighted by molar-refractivity contribution is 5.13. The van der Waals surface area contributed by atoms with Crippen LogP contribution in [0.4, 0.5) is 0 Å². The standard InChI is InChI=1S/C9H13NO/c1-9(5-3-7-11-9)8-4-2-6-10-8/h2,4,6,10H,3,5,7H2,1H3. The predicted molar refractivity (Wildman–Crippen MR) is 43.3 cm³/mol. The Kier molecular flexibility index (Phi) is 1.50. The number of ether oxygens (including phenoxy) is 1. The van der Waals surface area contributed by atoms with Gasteiger partial charge in [-0.05, 0) is 31.9 Å². The molecule has 0 saturated carbocycles. The van der Waals surface area contributed by atoms with Crippen molar-refractivity contribution in [1.82, 2.24) is 4.98 Å². The monoisotopic (exact) mass is 151 g/mol. The lowest BCUT2D eigenvalue weighted by atomic mass is 9.99. The van der Waals surface area contributed by atoms with E-state index in [1.165, 1.54) is 12.1 Å². The number of H-pyrrole nitrogens is 1. The van der Waals surface area contributed by atoms with Gasteiger partial charge in [-0.3, -0.25) is 0 Å². The van der Waals surface area contributed by atoms with Crippen LogP contribution in [-0.4, -0.2) is 11.6 Å². The quantitative estimate of drug-likeness (QED) is 0.652. The molecule has 2 heteroatoms. The number of hydrogen-bond acceptors (Lipinski definition) is 1. The number of aromatic amines is 1. The number of aromatic nitrogens is 1. The zero-order valence-electron chi connectivity index (χ0n) is 6.76. The van der Waals surface area contributed by atoms with Crippen LogP contribution in [0.25, 0.3) is 0 Å². The van der Waals surface area contributed by atoms with Crippen molar-refractivity contribution in [2.24, 2.45) is 0 Å². The summed E-state index contributed by atoms with van der Waals surface area (Å²) in [6, 6.07) is 4.10. The third kappa shape index (κ3) is 1.07. The molecule has 60 valence electrons. The lowest BCUT2D eigenvalue weighted by Gasteiger charge is -2.21. The summed E-state index contributed by atoms with van der Waals surface area (Å²) in [6.45, 7) is 3.04. The van der Waals surface area contributed by atoms with Crippen LogP contribution in [0.5, 0.6) is 0 Å². The summed E-state index contributed by atoms with van der Waals surface area (Å²) in [5.74, 6) is 0. The second kappa shape index (κ2) is 2.38. The summed E-state index contributed by atoms with van der Waals surface area (Å²) in [6.07, 6.45) is 4.26. The summed E-state index contributed by atoms with van der Waals surface area (Å²) in [4.78, 5) is 3.19. The maximum absolute atomic E-state index is 5.65. The van der Waals surface area contributed by atoms with Gasteiger partial charge >= 0.3 is 0 Å². The average Bonchev–Trinajstić information content (AvgIpc) is 2.55. The molecule has 1 aromatic heterocycles. The minimum atomic E-state index is -0.0382. The molecular weight excluding hydrogens is 138 g/mol. The van der Waals surface area contributed by atoms with E-state index in [4.69, 9.17) is 4.74 Å².